The zero-order chi connectivity index (χ0) is 28.0. The standard InChI is InChI=1S/C36H30N2O3/c1-37(2)27-17-19-31-34(22-27)40-33-20-18-28(21-32(33)36(31)30-16-10-9-15-29(30)35(39)41-36)38(23-25-11-5-3-6-12-25)24-26-13-7-4-8-14-26/h3-22H,23-24H2,1-2H3. The Kier molecular flexibility index (Phi) is 6.01. The van der Waals surface area contributed by atoms with Gasteiger partial charge in [-0.3, -0.25) is 0 Å². The summed E-state index contributed by atoms with van der Waals surface area (Å²) < 4.78 is 13.0. The van der Waals surface area contributed by atoms with E-state index in [9.17, 15) is 4.79 Å². The summed E-state index contributed by atoms with van der Waals surface area (Å²) in [6.45, 7) is 1.45. The molecule has 0 saturated carbocycles. The molecular formula is C36H30N2O3. The lowest BCUT2D eigenvalue weighted by Crippen LogP contribution is -2.33. The quantitative estimate of drug-likeness (QED) is 0.209. The predicted molar refractivity (Wildman–Crippen MR) is 162 cm³/mol. The minimum atomic E-state index is -1.11. The van der Waals surface area contributed by atoms with Gasteiger partial charge in [0.2, 0.25) is 0 Å². The monoisotopic (exact) mass is 538 g/mol. The van der Waals surface area contributed by atoms with Gasteiger partial charge in [0.05, 0.1) is 5.56 Å². The molecule has 1 unspecified atom stereocenters. The number of hydrogen-bond acceptors (Lipinski definition) is 5. The summed E-state index contributed by atoms with van der Waals surface area (Å²) in [5.74, 6) is 1.04. The van der Waals surface area contributed by atoms with Gasteiger partial charge in [-0.25, -0.2) is 4.79 Å². The van der Waals surface area contributed by atoms with Gasteiger partial charge in [-0.05, 0) is 47.5 Å². The zero-order valence-corrected chi connectivity index (χ0v) is 23.1. The Morgan fingerprint density at radius 2 is 1.24 bits per heavy atom. The van der Waals surface area contributed by atoms with E-state index >= 15 is 0 Å². The maximum Gasteiger partial charge on any atom is 0.340 e. The Morgan fingerprint density at radius 3 is 1.93 bits per heavy atom. The van der Waals surface area contributed by atoms with Gasteiger partial charge in [-0.2, -0.15) is 0 Å². The Labute approximate surface area is 240 Å². The molecule has 0 saturated heterocycles. The maximum absolute atomic E-state index is 13.4. The van der Waals surface area contributed by atoms with Crippen LogP contribution in [0.3, 0.4) is 0 Å². The van der Waals surface area contributed by atoms with Gasteiger partial charge in [0.25, 0.3) is 0 Å². The Morgan fingerprint density at radius 1 is 0.610 bits per heavy atom. The van der Waals surface area contributed by atoms with E-state index in [1.807, 2.05) is 79.7 Å². The van der Waals surface area contributed by atoms with Crippen molar-refractivity contribution in [1.82, 2.24) is 0 Å². The van der Waals surface area contributed by atoms with Crippen LogP contribution in [-0.4, -0.2) is 20.1 Å². The van der Waals surface area contributed by atoms with Crippen LogP contribution in [0.4, 0.5) is 11.4 Å². The second-order valence-electron chi connectivity index (χ2n) is 10.8. The predicted octanol–water partition coefficient (Wildman–Crippen LogP) is 7.53. The first-order chi connectivity index (χ1) is 20.0. The molecule has 0 aromatic heterocycles. The van der Waals surface area contributed by atoms with Gasteiger partial charge in [-0.1, -0.05) is 78.9 Å². The van der Waals surface area contributed by atoms with Crippen molar-refractivity contribution in [3.63, 3.8) is 0 Å². The van der Waals surface area contributed by atoms with E-state index in [0.717, 1.165) is 41.2 Å². The minimum absolute atomic E-state index is 0.327. The lowest BCUT2D eigenvalue weighted by Gasteiger charge is -2.38. The summed E-state index contributed by atoms with van der Waals surface area (Å²) in [4.78, 5) is 17.7. The fourth-order valence-electron chi connectivity index (χ4n) is 5.97. The van der Waals surface area contributed by atoms with Crippen molar-refractivity contribution in [2.24, 2.45) is 0 Å². The van der Waals surface area contributed by atoms with Crippen molar-refractivity contribution in [1.29, 1.82) is 0 Å². The first kappa shape index (κ1) is 25.0. The third kappa shape index (κ3) is 4.21. The summed E-state index contributed by atoms with van der Waals surface area (Å²) in [6, 6.07) is 41.0. The third-order valence-electron chi connectivity index (χ3n) is 7.99. The molecule has 7 rings (SSSR count). The van der Waals surface area contributed by atoms with E-state index in [1.165, 1.54) is 11.1 Å². The Hall–Kier alpha value is -5.03. The molecule has 0 fully saturated rings. The van der Waals surface area contributed by atoms with E-state index < -0.39 is 5.60 Å². The van der Waals surface area contributed by atoms with Gasteiger partial charge >= 0.3 is 5.97 Å². The van der Waals surface area contributed by atoms with Crippen LogP contribution >= 0.6 is 0 Å². The van der Waals surface area contributed by atoms with Crippen molar-refractivity contribution >= 4 is 17.3 Å². The smallest absolute Gasteiger partial charge is 0.340 e. The Balaban J connectivity index is 1.41. The molecule has 0 bridgehead atoms. The van der Waals surface area contributed by atoms with Crippen LogP contribution in [0.15, 0.2) is 121 Å². The van der Waals surface area contributed by atoms with Gasteiger partial charge in [0.1, 0.15) is 11.5 Å². The molecule has 0 radical (unpaired) electrons. The fraction of sp³-hybridized carbons (Fsp3) is 0.139. The average molecular weight is 539 g/mol. The molecule has 2 aliphatic heterocycles. The third-order valence-corrected chi connectivity index (χ3v) is 7.99. The molecule has 1 atom stereocenters. The van der Waals surface area contributed by atoms with Crippen molar-refractivity contribution in [3.05, 3.63) is 155 Å². The number of fused-ring (bicyclic) bond motifs is 6. The van der Waals surface area contributed by atoms with Crippen LogP contribution in [0, 0.1) is 0 Å². The number of esters is 1. The molecule has 0 N–H and O–H groups in total. The number of carbonyl (C=O) groups is 1. The molecule has 0 amide bonds. The van der Waals surface area contributed by atoms with Crippen molar-refractivity contribution in [2.75, 3.05) is 23.9 Å². The van der Waals surface area contributed by atoms with Gasteiger partial charge < -0.3 is 19.3 Å². The van der Waals surface area contributed by atoms with Crippen LogP contribution in [0.1, 0.15) is 38.2 Å². The van der Waals surface area contributed by atoms with E-state index in [0.29, 0.717) is 17.1 Å². The first-order valence-corrected chi connectivity index (χ1v) is 13.8. The molecule has 1 spiro atoms. The van der Waals surface area contributed by atoms with Crippen LogP contribution in [-0.2, 0) is 23.4 Å². The summed E-state index contributed by atoms with van der Waals surface area (Å²) in [5.41, 5.74) is 6.41. The first-order valence-electron chi connectivity index (χ1n) is 13.8. The molecule has 5 aromatic carbocycles. The molecule has 5 nitrogen and oxygen atoms in total. The number of hydrogen-bond donors (Lipinski definition) is 0. The van der Waals surface area contributed by atoms with E-state index in [2.05, 4.69) is 65.6 Å². The number of nitrogens with zero attached hydrogens (tertiary/aromatic N) is 2. The van der Waals surface area contributed by atoms with Crippen LogP contribution in [0.2, 0.25) is 0 Å². The topological polar surface area (TPSA) is 42.0 Å². The summed E-state index contributed by atoms with van der Waals surface area (Å²) >= 11 is 0. The molecule has 0 aliphatic carbocycles. The maximum atomic E-state index is 13.4. The molecule has 5 aromatic rings. The molecular weight excluding hydrogens is 508 g/mol. The molecule has 2 aliphatic rings. The van der Waals surface area contributed by atoms with Crippen LogP contribution in [0.25, 0.3) is 0 Å². The molecule has 5 heteroatoms. The van der Waals surface area contributed by atoms with Crippen molar-refractivity contribution in [3.8, 4) is 11.5 Å². The van der Waals surface area contributed by atoms with E-state index in [4.69, 9.17) is 9.47 Å². The van der Waals surface area contributed by atoms with Crippen LogP contribution < -0.4 is 14.5 Å². The number of anilines is 2. The molecule has 202 valence electrons. The van der Waals surface area contributed by atoms with Crippen molar-refractivity contribution < 1.29 is 14.3 Å². The summed E-state index contributed by atoms with van der Waals surface area (Å²) in [6.07, 6.45) is 0. The normalized spacial score (nSPS) is 16.3. The highest BCUT2D eigenvalue weighted by Crippen LogP contribution is 2.57. The number of benzene rings is 5. The highest BCUT2D eigenvalue weighted by Gasteiger charge is 2.53. The molecule has 2 heterocycles. The van der Waals surface area contributed by atoms with E-state index in [1.54, 1.807) is 0 Å². The Bertz CT molecular complexity index is 1710. The minimum Gasteiger partial charge on any atom is -0.456 e. The van der Waals surface area contributed by atoms with Gasteiger partial charge in [0, 0.05) is 61.3 Å². The average Bonchev–Trinajstić information content (AvgIpc) is 3.30. The molecule has 41 heavy (non-hydrogen) atoms. The number of ether oxygens (including phenoxy) is 2. The van der Waals surface area contributed by atoms with Gasteiger partial charge in [0.15, 0.2) is 5.60 Å². The van der Waals surface area contributed by atoms with Crippen molar-refractivity contribution in [2.45, 2.75) is 18.7 Å². The number of carbonyl (C=O) groups excluding carboxylic acids is 1. The highest BCUT2D eigenvalue weighted by atomic mass is 16.6. The fourth-order valence-corrected chi connectivity index (χ4v) is 5.97. The lowest BCUT2D eigenvalue weighted by atomic mass is 9.77. The van der Waals surface area contributed by atoms with E-state index in [-0.39, 0.29) is 5.97 Å². The second-order valence-corrected chi connectivity index (χ2v) is 10.8. The van der Waals surface area contributed by atoms with Crippen LogP contribution in [0.5, 0.6) is 11.5 Å². The van der Waals surface area contributed by atoms with Gasteiger partial charge in [-0.15, -0.1) is 0 Å². The largest absolute Gasteiger partial charge is 0.456 e. The number of rotatable bonds is 6. The summed E-state index contributed by atoms with van der Waals surface area (Å²) in [7, 11) is 4.00. The highest BCUT2D eigenvalue weighted by molar-refractivity contribution is 5.97. The lowest BCUT2D eigenvalue weighted by molar-refractivity contribution is 0.0224. The summed E-state index contributed by atoms with van der Waals surface area (Å²) in [5, 5.41) is 0. The second kappa shape index (κ2) is 9.86. The zero-order valence-electron chi connectivity index (χ0n) is 23.1. The SMILES string of the molecule is CN(C)c1ccc2c(c1)Oc1ccc(N(Cc3ccccc3)Cc3ccccc3)cc1C21OC(=O)c2ccccc21.